The second-order valence-electron chi connectivity index (χ2n) is 5.40. The second-order valence-corrected chi connectivity index (χ2v) is 7.54. The van der Waals surface area contributed by atoms with Crippen LogP contribution in [0.25, 0.3) is 0 Å². The lowest BCUT2D eigenvalue weighted by molar-refractivity contribution is 0.0532. The fraction of sp³-hybridized carbons (Fsp3) is 0.538. The molecule has 1 aliphatic rings. The summed E-state index contributed by atoms with van der Waals surface area (Å²) in [5, 5.41) is 10.3. The average Bonchev–Trinajstić information content (AvgIpc) is 2.79. The number of nitrogen functional groups attached to an aromatic ring is 1. The number of aryl methyl sites for hydroxylation is 1. The molecular formula is C13H19ClN2O3S. The fourth-order valence-electron chi connectivity index (χ4n) is 2.39. The summed E-state index contributed by atoms with van der Waals surface area (Å²) in [5.74, 6) is 0. The Morgan fingerprint density at radius 3 is 2.60 bits per heavy atom. The average molecular weight is 319 g/mol. The molecule has 0 aromatic heterocycles. The third-order valence-corrected chi connectivity index (χ3v) is 5.60. The van der Waals surface area contributed by atoms with E-state index in [2.05, 4.69) is 4.72 Å². The molecule has 0 atom stereocenters. The van der Waals surface area contributed by atoms with E-state index in [0.29, 0.717) is 18.5 Å². The molecule has 20 heavy (non-hydrogen) atoms. The summed E-state index contributed by atoms with van der Waals surface area (Å²) < 4.78 is 26.9. The Labute approximate surface area is 124 Å². The van der Waals surface area contributed by atoms with Crippen molar-refractivity contribution in [1.82, 2.24) is 4.72 Å². The Morgan fingerprint density at radius 2 is 2.00 bits per heavy atom. The number of halogens is 1. The lowest BCUT2D eigenvalue weighted by Gasteiger charge is -2.22. The number of aliphatic hydroxyl groups is 1. The quantitative estimate of drug-likeness (QED) is 0.738. The molecule has 0 heterocycles. The molecule has 1 aromatic carbocycles. The van der Waals surface area contributed by atoms with E-state index in [1.54, 1.807) is 6.92 Å². The van der Waals surface area contributed by atoms with Crippen LogP contribution in [0.5, 0.6) is 0 Å². The molecule has 1 saturated carbocycles. The lowest BCUT2D eigenvalue weighted by Crippen LogP contribution is -2.40. The van der Waals surface area contributed by atoms with Crippen LogP contribution in [0.15, 0.2) is 17.0 Å². The van der Waals surface area contributed by atoms with Gasteiger partial charge in [-0.25, -0.2) is 13.1 Å². The molecule has 4 N–H and O–H groups in total. The van der Waals surface area contributed by atoms with E-state index in [-0.39, 0.29) is 16.5 Å². The smallest absolute Gasteiger partial charge is 0.242 e. The molecule has 0 amide bonds. The third-order valence-electron chi connectivity index (χ3n) is 3.74. The number of hydrogen-bond acceptors (Lipinski definition) is 4. The van der Waals surface area contributed by atoms with Crippen LogP contribution in [0.3, 0.4) is 0 Å². The molecule has 0 bridgehead atoms. The van der Waals surface area contributed by atoms with Gasteiger partial charge in [-0.3, -0.25) is 0 Å². The van der Waals surface area contributed by atoms with Crippen LogP contribution in [0.4, 0.5) is 5.69 Å². The van der Waals surface area contributed by atoms with E-state index in [1.807, 2.05) is 0 Å². The van der Waals surface area contributed by atoms with Crippen molar-refractivity contribution in [2.75, 3.05) is 12.3 Å². The van der Waals surface area contributed by atoms with Crippen molar-refractivity contribution in [3.8, 4) is 0 Å². The summed E-state index contributed by atoms with van der Waals surface area (Å²) in [5.41, 5.74) is 5.88. The summed E-state index contributed by atoms with van der Waals surface area (Å²) in [4.78, 5) is -0.0520. The van der Waals surface area contributed by atoms with E-state index in [9.17, 15) is 13.5 Å². The van der Waals surface area contributed by atoms with Crippen LogP contribution < -0.4 is 10.5 Å². The Bertz CT molecular complexity index is 610. The lowest BCUT2D eigenvalue weighted by atomic mass is 10.0. The minimum Gasteiger partial charge on any atom is -0.398 e. The van der Waals surface area contributed by atoms with Crippen LogP contribution in [-0.4, -0.2) is 25.7 Å². The minimum atomic E-state index is -3.78. The molecule has 7 heteroatoms. The van der Waals surface area contributed by atoms with Crippen molar-refractivity contribution in [3.05, 3.63) is 22.7 Å². The zero-order valence-corrected chi connectivity index (χ0v) is 12.9. The summed E-state index contributed by atoms with van der Waals surface area (Å²) in [6.07, 6.45) is 3.05. The number of benzene rings is 1. The van der Waals surface area contributed by atoms with Crippen molar-refractivity contribution in [2.24, 2.45) is 0 Å². The molecule has 0 radical (unpaired) electrons. The first-order valence-corrected chi connectivity index (χ1v) is 8.37. The van der Waals surface area contributed by atoms with E-state index >= 15 is 0 Å². The van der Waals surface area contributed by atoms with Crippen molar-refractivity contribution in [2.45, 2.75) is 43.1 Å². The zero-order valence-electron chi connectivity index (χ0n) is 11.3. The first-order chi connectivity index (χ1) is 9.23. The predicted octanol–water partition coefficient (Wildman–Crippen LogP) is 1.81. The van der Waals surface area contributed by atoms with Crippen molar-refractivity contribution in [1.29, 1.82) is 0 Å². The molecule has 1 aromatic rings. The number of nitrogens with one attached hydrogen (secondary N) is 1. The number of rotatable bonds is 4. The molecule has 5 nitrogen and oxygen atoms in total. The van der Waals surface area contributed by atoms with Crippen LogP contribution in [0.2, 0.25) is 5.02 Å². The first kappa shape index (κ1) is 15.6. The number of hydrogen-bond donors (Lipinski definition) is 3. The van der Waals surface area contributed by atoms with E-state index in [1.165, 1.54) is 12.1 Å². The van der Waals surface area contributed by atoms with Gasteiger partial charge in [-0.05, 0) is 37.5 Å². The largest absolute Gasteiger partial charge is 0.398 e. The zero-order chi connectivity index (χ0) is 15.0. The van der Waals surface area contributed by atoms with Gasteiger partial charge in [0.1, 0.15) is 4.90 Å². The van der Waals surface area contributed by atoms with Gasteiger partial charge in [-0.1, -0.05) is 24.4 Å². The van der Waals surface area contributed by atoms with Crippen LogP contribution >= 0.6 is 11.6 Å². The summed E-state index contributed by atoms with van der Waals surface area (Å²) >= 11 is 5.98. The molecule has 2 rings (SSSR count). The van der Waals surface area contributed by atoms with E-state index in [4.69, 9.17) is 17.3 Å². The van der Waals surface area contributed by atoms with Gasteiger partial charge in [0.15, 0.2) is 0 Å². The monoisotopic (exact) mass is 318 g/mol. The van der Waals surface area contributed by atoms with Crippen LogP contribution in [0.1, 0.15) is 31.2 Å². The normalized spacial score (nSPS) is 18.4. The molecule has 0 saturated heterocycles. The van der Waals surface area contributed by atoms with E-state index in [0.717, 1.165) is 18.4 Å². The summed E-state index contributed by atoms with van der Waals surface area (Å²) in [6, 6.07) is 2.87. The highest BCUT2D eigenvalue weighted by Crippen LogP contribution is 2.30. The topological polar surface area (TPSA) is 92.4 Å². The molecule has 0 spiro atoms. The van der Waals surface area contributed by atoms with Gasteiger partial charge < -0.3 is 10.8 Å². The van der Waals surface area contributed by atoms with Crippen LogP contribution in [0, 0.1) is 6.92 Å². The standard InChI is InChI=1S/C13H19ClN2O3S/c1-9-6-10(14)12(7-11(9)15)20(18,19)16-8-13(17)4-2-3-5-13/h6-7,16-17H,2-5,8,15H2,1H3. The van der Waals surface area contributed by atoms with Gasteiger partial charge in [-0.2, -0.15) is 0 Å². The summed E-state index contributed by atoms with van der Waals surface area (Å²) in [7, 11) is -3.78. The number of sulfonamides is 1. The maximum Gasteiger partial charge on any atom is 0.242 e. The summed E-state index contributed by atoms with van der Waals surface area (Å²) in [6.45, 7) is 1.76. The maximum atomic E-state index is 12.3. The van der Waals surface area contributed by atoms with Crippen molar-refractivity contribution in [3.63, 3.8) is 0 Å². The Balaban J connectivity index is 2.20. The predicted molar refractivity (Wildman–Crippen MR) is 79.2 cm³/mol. The molecule has 112 valence electrons. The van der Waals surface area contributed by atoms with Gasteiger partial charge in [0.2, 0.25) is 10.0 Å². The van der Waals surface area contributed by atoms with E-state index < -0.39 is 15.6 Å². The third kappa shape index (κ3) is 3.25. The number of nitrogens with two attached hydrogens (primary N) is 1. The Kier molecular flexibility index (Phi) is 4.30. The van der Waals surface area contributed by atoms with Crippen LogP contribution in [-0.2, 0) is 10.0 Å². The highest BCUT2D eigenvalue weighted by Gasteiger charge is 2.33. The number of anilines is 1. The van der Waals surface area contributed by atoms with Gasteiger partial charge in [0, 0.05) is 12.2 Å². The fourth-order valence-corrected chi connectivity index (χ4v) is 4.13. The Morgan fingerprint density at radius 1 is 1.40 bits per heavy atom. The van der Waals surface area contributed by atoms with Crippen molar-refractivity contribution >= 4 is 27.3 Å². The van der Waals surface area contributed by atoms with Gasteiger partial charge in [-0.15, -0.1) is 0 Å². The minimum absolute atomic E-state index is 0.000552. The SMILES string of the molecule is Cc1cc(Cl)c(S(=O)(=O)NCC2(O)CCCC2)cc1N. The van der Waals surface area contributed by atoms with Gasteiger partial charge in [0.05, 0.1) is 10.6 Å². The molecular weight excluding hydrogens is 300 g/mol. The first-order valence-electron chi connectivity index (χ1n) is 6.51. The molecule has 0 unspecified atom stereocenters. The second kappa shape index (κ2) is 5.52. The molecule has 0 aliphatic heterocycles. The van der Waals surface area contributed by atoms with Crippen molar-refractivity contribution < 1.29 is 13.5 Å². The highest BCUT2D eigenvalue weighted by molar-refractivity contribution is 7.89. The highest BCUT2D eigenvalue weighted by atomic mass is 35.5. The molecule has 1 aliphatic carbocycles. The molecule has 1 fully saturated rings. The maximum absolute atomic E-state index is 12.3. The van der Waals surface area contributed by atoms with Gasteiger partial charge >= 0.3 is 0 Å². The Hall–Kier alpha value is -0.820. The van der Waals surface area contributed by atoms with Gasteiger partial charge in [0.25, 0.3) is 0 Å².